The molecule has 7 heteroatoms. The third-order valence-corrected chi connectivity index (χ3v) is 4.58. The molecule has 0 saturated heterocycles. The third-order valence-electron chi connectivity index (χ3n) is 4.58. The Bertz CT molecular complexity index is 1050. The standard InChI is InChI=1S/C19H18N4O3/c1-23-9-11-6-10(4-5-12(11)19(23)24)18-21-14-8-16(26-3)15(25-2)7-13(14)17(20)22-18/h4-8H,9H2,1-3H3,(H2,20,21,22). The van der Waals surface area contributed by atoms with Crippen molar-refractivity contribution >= 4 is 22.6 Å². The number of carbonyl (C=O) groups is 1. The monoisotopic (exact) mass is 350 g/mol. The minimum absolute atomic E-state index is 0.0299. The van der Waals surface area contributed by atoms with Crippen LogP contribution in [-0.2, 0) is 6.54 Å². The Kier molecular flexibility index (Phi) is 3.64. The lowest BCUT2D eigenvalue weighted by molar-refractivity contribution is 0.0816. The fraction of sp³-hybridized carbons (Fsp3) is 0.211. The molecule has 1 aliphatic heterocycles. The largest absolute Gasteiger partial charge is 0.493 e. The second-order valence-corrected chi connectivity index (χ2v) is 6.19. The van der Waals surface area contributed by atoms with Crippen molar-refractivity contribution in [3.8, 4) is 22.9 Å². The zero-order valence-electron chi connectivity index (χ0n) is 14.7. The smallest absolute Gasteiger partial charge is 0.254 e. The predicted octanol–water partition coefficient (Wildman–Crippen LogP) is 2.48. The first-order chi connectivity index (χ1) is 12.5. The molecule has 7 nitrogen and oxygen atoms in total. The van der Waals surface area contributed by atoms with Gasteiger partial charge in [0, 0.05) is 36.2 Å². The average Bonchev–Trinajstić information content (AvgIpc) is 2.94. The molecule has 2 N–H and O–H groups in total. The van der Waals surface area contributed by atoms with Gasteiger partial charge in [0.05, 0.1) is 19.7 Å². The van der Waals surface area contributed by atoms with E-state index in [1.807, 2.05) is 18.2 Å². The second kappa shape index (κ2) is 5.87. The van der Waals surface area contributed by atoms with Gasteiger partial charge in [0.1, 0.15) is 5.82 Å². The molecule has 0 atom stereocenters. The van der Waals surface area contributed by atoms with Crippen LogP contribution in [0.5, 0.6) is 11.5 Å². The Morgan fingerprint density at radius 2 is 1.81 bits per heavy atom. The molecule has 0 bridgehead atoms. The summed E-state index contributed by atoms with van der Waals surface area (Å²) in [6, 6.07) is 9.15. The van der Waals surface area contributed by atoms with E-state index in [0.717, 1.165) is 16.7 Å². The quantitative estimate of drug-likeness (QED) is 0.780. The first-order valence-electron chi connectivity index (χ1n) is 8.10. The van der Waals surface area contributed by atoms with E-state index in [1.165, 1.54) is 0 Å². The van der Waals surface area contributed by atoms with Gasteiger partial charge in [-0.25, -0.2) is 9.97 Å². The van der Waals surface area contributed by atoms with Crippen molar-refractivity contribution in [3.05, 3.63) is 41.5 Å². The van der Waals surface area contributed by atoms with Crippen molar-refractivity contribution in [2.45, 2.75) is 6.54 Å². The molecular formula is C19H18N4O3. The minimum atomic E-state index is 0.0299. The number of rotatable bonds is 3. The highest BCUT2D eigenvalue weighted by Crippen LogP contribution is 2.35. The SMILES string of the molecule is COc1cc2nc(-c3ccc4c(c3)CN(C)C4=O)nc(N)c2cc1OC. The van der Waals surface area contributed by atoms with Crippen LogP contribution in [0.25, 0.3) is 22.3 Å². The van der Waals surface area contributed by atoms with Crippen LogP contribution in [0.2, 0.25) is 0 Å². The molecule has 0 spiro atoms. The van der Waals surface area contributed by atoms with Crippen molar-refractivity contribution < 1.29 is 14.3 Å². The highest BCUT2D eigenvalue weighted by atomic mass is 16.5. The van der Waals surface area contributed by atoms with Gasteiger partial charge in [0.15, 0.2) is 17.3 Å². The molecule has 1 aliphatic rings. The molecule has 0 fully saturated rings. The number of anilines is 1. The number of nitrogen functional groups attached to an aromatic ring is 1. The number of nitrogens with zero attached hydrogens (tertiary/aromatic N) is 3. The fourth-order valence-corrected chi connectivity index (χ4v) is 3.21. The summed E-state index contributed by atoms with van der Waals surface area (Å²) in [5, 5.41) is 0.697. The number of hydrogen-bond acceptors (Lipinski definition) is 6. The van der Waals surface area contributed by atoms with E-state index in [9.17, 15) is 4.79 Å². The summed E-state index contributed by atoms with van der Waals surface area (Å²) in [6.45, 7) is 0.579. The third kappa shape index (κ3) is 2.40. The Morgan fingerprint density at radius 1 is 1.08 bits per heavy atom. The number of nitrogens with two attached hydrogens (primary N) is 1. The Balaban J connectivity index is 1.85. The molecule has 2 heterocycles. The van der Waals surface area contributed by atoms with Gasteiger partial charge in [0.2, 0.25) is 0 Å². The van der Waals surface area contributed by atoms with Gasteiger partial charge in [-0.3, -0.25) is 4.79 Å². The molecule has 4 rings (SSSR count). The van der Waals surface area contributed by atoms with Crippen LogP contribution in [0.15, 0.2) is 30.3 Å². The zero-order chi connectivity index (χ0) is 18.4. The number of amides is 1. The maximum atomic E-state index is 12.1. The fourth-order valence-electron chi connectivity index (χ4n) is 3.21. The molecule has 3 aromatic rings. The molecule has 0 saturated carbocycles. The van der Waals surface area contributed by atoms with Crippen molar-refractivity contribution in [2.24, 2.45) is 0 Å². The molecule has 26 heavy (non-hydrogen) atoms. The van der Waals surface area contributed by atoms with Gasteiger partial charge in [-0.1, -0.05) is 6.07 Å². The molecule has 1 amide bonds. The number of ether oxygens (including phenoxy) is 2. The Labute approximate surface area is 150 Å². The van der Waals surface area contributed by atoms with Crippen LogP contribution < -0.4 is 15.2 Å². The number of hydrogen-bond donors (Lipinski definition) is 1. The maximum absolute atomic E-state index is 12.1. The van der Waals surface area contributed by atoms with Gasteiger partial charge in [0.25, 0.3) is 5.91 Å². The summed E-state index contributed by atoms with van der Waals surface area (Å²) in [6.07, 6.45) is 0. The summed E-state index contributed by atoms with van der Waals surface area (Å²) in [4.78, 5) is 22.8. The number of aromatic nitrogens is 2. The normalized spacial score (nSPS) is 13.2. The van der Waals surface area contributed by atoms with Crippen molar-refractivity contribution in [3.63, 3.8) is 0 Å². The molecule has 2 aromatic carbocycles. The highest BCUT2D eigenvalue weighted by molar-refractivity contribution is 5.99. The van der Waals surface area contributed by atoms with E-state index in [2.05, 4.69) is 9.97 Å². The predicted molar refractivity (Wildman–Crippen MR) is 98.3 cm³/mol. The molecule has 0 radical (unpaired) electrons. The molecular weight excluding hydrogens is 332 g/mol. The summed E-state index contributed by atoms with van der Waals surface area (Å²) < 4.78 is 10.7. The van der Waals surface area contributed by atoms with Gasteiger partial charge in [-0.15, -0.1) is 0 Å². The second-order valence-electron chi connectivity index (χ2n) is 6.19. The van der Waals surface area contributed by atoms with E-state index in [0.29, 0.717) is 40.6 Å². The molecule has 1 aromatic heterocycles. The van der Waals surface area contributed by atoms with Crippen molar-refractivity contribution in [1.29, 1.82) is 0 Å². The Morgan fingerprint density at radius 3 is 2.54 bits per heavy atom. The van der Waals surface area contributed by atoms with E-state index < -0.39 is 0 Å². The molecule has 0 unspecified atom stereocenters. The maximum Gasteiger partial charge on any atom is 0.254 e. The number of carbonyl (C=O) groups excluding carboxylic acids is 1. The number of fused-ring (bicyclic) bond motifs is 2. The first-order valence-corrected chi connectivity index (χ1v) is 8.10. The lowest BCUT2D eigenvalue weighted by atomic mass is 10.1. The number of benzene rings is 2. The molecule has 0 aliphatic carbocycles. The summed E-state index contributed by atoms with van der Waals surface area (Å²) in [5.74, 6) is 2.04. The Hall–Kier alpha value is -3.35. The lowest BCUT2D eigenvalue weighted by Gasteiger charge is -2.11. The van der Waals surface area contributed by atoms with E-state index in [4.69, 9.17) is 15.2 Å². The van der Waals surface area contributed by atoms with Crippen LogP contribution in [0.1, 0.15) is 15.9 Å². The summed E-state index contributed by atoms with van der Waals surface area (Å²) in [7, 11) is 4.92. The lowest BCUT2D eigenvalue weighted by Crippen LogP contribution is -2.17. The van der Waals surface area contributed by atoms with Gasteiger partial charge in [-0.05, 0) is 23.8 Å². The minimum Gasteiger partial charge on any atom is -0.493 e. The summed E-state index contributed by atoms with van der Waals surface area (Å²) >= 11 is 0. The van der Waals surface area contributed by atoms with Gasteiger partial charge in [-0.2, -0.15) is 0 Å². The van der Waals surface area contributed by atoms with E-state index in [-0.39, 0.29) is 5.91 Å². The van der Waals surface area contributed by atoms with Crippen LogP contribution in [0, 0.1) is 0 Å². The van der Waals surface area contributed by atoms with Gasteiger partial charge >= 0.3 is 0 Å². The van der Waals surface area contributed by atoms with E-state index in [1.54, 1.807) is 38.3 Å². The van der Waals surface area contributed by atoms with Crippen molar-refractivity contribution in [1.82, 2.24) is 14.9 Å². The van der Waals surface area contributed by atoms with Crippen LogP contribution in [0.3, 0.4) is 0 Å². The van der Waals surface area contributed by atoms with Gasteiger partial charge < -0.3 is 20.1 Å². The highest BCUT2D eigenvalue weighted by Gasteiger charge is 2.24. The zero-order valence-corrected chi connectivity index (χ0v) is 14.7. The topological polar surface area (TPSA) is 90.6 Å². The number of methoxy groups -OCH3 is 2. The van der Waals surface area contributed by atoms with E-state index >= 15 is 0 Å². The van der Waals surface area contributed by atoms with Crippen LogP contribution in [0.4, 0.5) is 5.82 Å². The van der Waals surface area contributed by atoms with Crippen molar-refractivity contribution in [2.75, 3.05) is 27.0 Å². The first kappa shape index (κ1) is 16.1. The van der Waals surface area contributed by atoms with Crippen LogP contribution in [-0.4, -0.2) is 42.0 Å². The molecule has 132 valence electrons. The average molecular weight is 350 g/mol. The summed E-state index contributed by atoms with van der Waals surface area (Å²) in [5.41, 5.74) is 9.32. The van der Waals surface area contributed by atoms with Crippen LogP contribution >= 0.6 is 0 Å².